The van der Waals surface area contributed by atoms with Gasteiger partial charge in [-0.25, -0.2) is 12.8 Å². The van der Waals surface area contributed by atoms with Gasteiger partial charge in [-0.3, -0.25) is 4.79 Å². The van der Waals surface area contributed by atoms with Crippen molar-refractivity contribution in [2.75, 3.05) is 19.7 Å². The van der Waals surface area contributed by atoms with Crippen molar-refractivity contribution in [2.45, 2.75) is 17.7 Å². The first-order valence-corrected chi connectivity index (χ1v) is 8.33. The molecule has 0 saturated carbocycles. The zero-order valence-electron chi connectivity index (χ0n) is 10.5. The van der Waals surface area contributed by atoms with E-state index in [0.717, 1.165) is 31.0 Å². The molecular formula is C12H13ClFNO4S. The lowest BCUT2D eigenvalue weighted by atomic mass is 10.3. The predicted octanol–water partition coefficient (Wildman–Crippen LogP) is 1.75. The Morgan fingerprint density at radius 2 is 2.00 bits per heavy atom. The van der Waals surface area contributed by atoms with E-state index in [1.807, 2.05) is 0 Å². The number of halogens is 2. The second kappa shape index (κ2) is 5.97. The van der Waals surface area contributed by atoms with E-state index in [9.17, 15) is 17.6 Å². The van der Waals surface area contributed by atoms with Crippen LogP contribution in [0.1, 0.15) is 12.8 Å². The summed E-state index contributed by atoms with van der Waals surface area (Å²) in [5.41, 5.74) is 0. The summed E-state index contributed by atoms with van der Waals surface area (Å²) in [4.78, 5) is 12.9. The molecule has 5 nitrogen and oxygen atoms in total. The minimum atomic E-state index is -4.14. The number of carbonyl (C=O) groups is 1. The third-order valence-electron chi connectivity index (χ3n) is 2.98. The van der Waals surface area contributed by atoms with Gasteiger partial charge in [-0.2, -0.15) is 0 Å². The van der Waals surface area contributed by atoms with Crippen LogP contribution in [0, 0.1) is 5.82 Å². The Hall–Kier alpha value is -1.34. The molecule has 1 amide bonds. The Morgan fingerprint density at radius 3 is 2.60 bits per heavy atom. The number of ether oxygens (including phenoxy) is 1. The summed E-state index contributed by atoms with van der Waals surface area (Å²) in [6.07, 6.45) is 1.90. The maximum Gasteiger partial charge on any atom is 0.265 e. The van der Waals surface area contributed by atoms with Gasteiger partial charge in [0.1, 0.15) is 16.5 Å². The van der Waals surface area contributed by atoms with E-state index in [0.29, 0.717) is 13.1 Å². The fourth-order valence-corrected chi connectivity index (χ4v) is 2.97. The quantitative estimate of drug-likeness (QED) is 0.793. The molecule has 0 N–H and O–H groups in total. The highest BCUT2D eigenvalue weighted by Gasteiger charge is 2.21. The smallest absolute Gasteiger partial charge is 0.265 e. The van der Waals surface area contributed by atoms with Gasteiger partial charge in [-0.15, -0.1) is 0 Å². The minimum Gasteiger partial charge on any atom is -0.482 e. The number of carbonyl (C=O) groups excluding carboxylic acids is 1. The van der Waals surface area contributed by atoms with Crippen molar-refractivity contribution >= 4 is 25.6 Å². The topological polar surface area (TPSA) is 63.7 Å². The molecule has 0 spiro atoms. The van der Waals surface area contributed by atoms with Gasteiger partial charge in [0, 0.05) is 23.8 Å². The molecule has 8 heteroatoms. The highest BCUT2D eigenvalue weighted by atomic mass is 35.7. The fraction of sp³-hybridized carbons (Fsp3) is 0.417. The van der Waals surface area contributed by atoms with Crippen molar-refractivity contribution in [2.24, 2.45) is 0 Å². The van der Waals surface area contributed by atoms with E-state index in [1.54, 1.807) is 4.90 Å². The van der Waals surface area contributed by atoms with Gasteiger partial charge in [-0.1, -0.05) is 0 Å². The third-order valence-corrected chi connectivity index (χ3v) is 4.32. The van der Waals surface area contributed by atoms with Crippen molar-refractivity contribution in [3.05, 3.63) is 24.0 Å². The lowest BCUT2D eigenvalue weighted by Gasteiger charge is -2.16. The average molecular weight is 322 g/mol. The summed E-state index contributed by atoms with van der Waals surface area (Å²) in [6, 6.07) is 2.95. The van der Waals surface area contributed by atoms with Gasteiger partial charge in [0.2, 0.25) is 0 Å². The number of hydrogen-bond donors (Lipinski definition) is 0. The molecule has 0 aromatic heterocycles. The van der Waals surface area contributed by atoms with E-state index < -0.39 is 19.8 Å². The van der Waals surface area contributed by atoms with E-state index in [4.69, 9.17) is 15.4 Å². The van der Waals surface area contributed by atoms with Crippen molar-refractivity contribution in [1.29, 1.82) is 0 Å². The number of hydrogen-bond acceptors (Lipinski definition) is 4. The second-order valence-corrected chi connectivity index (χ2v) is 6.94. The molecule has 110 valence electrons. The molecule has 0 radical (unpaired) electrons. The van der Waals surface area contributed by atoms with Crippen molar-refractivity contribution in [1.82, 2.24) is 4.90 Å². The molecule has 0 aliphatic carbocycles. The summed E-state index contributed by atoms with van der Waals surface area (Å²) >= 11 is 0. The van der Waals surface area contributed by atoms with Gasteiger partial charge in [0.15, 0.2) is 6.61 Å². The second-order valence-electron chi connectivity index (χ2n) is 4.41. The van der Waals surface area contributed by atoms with E-state index in [2.05, 4.69) is 0 Å². The number of likely N-dealkylation sites (tertiary alicyclic amines) is 1. The number of amides is 1. The Balaban J connectivity index is 2.11. The van der Waals surface area contributed by atoms with Crippen molar-refractivity contribution in [3.63, 3.8) is 0 Å². The van der Waals surface area contributed by atoms with Crippen LogP contribution in [0.25, 0.3) is 0 Å². The summed E-state index contributed by atoms with van der Waals surface area (Å²) in [5.74, 6) is -1.11. The lowest BCUT2D eigenvalue weighted by Crippen LogP contribution is -2.32. The Morgan fingerprint density at radius 1 is 1.35 bits per heavy atom. The van der Waals surface area contributed by atoms with Crippen LogP contribution in [0.5, 0.6) is 5.75 Å². The first kappa shape index (κ1) is 15.1. The predicted molar refractivity (Wildman–Crippen MR) is 70.7 cm³/mol. The van der Waals surface area contributed by atoms with Crippen molar-refractivity contribution in [3.8, 4) is 5.75 Å². The summed E-state index contributed by atoms with van der Waals surface area (Å²) in [7, 11) is 1.07. The first-order chi connectivity index (χ1) is 9.38. The molecule has 0 unspecified atom stereocenters. The third kappa shape index (κ3) is 3.61. The molecule has 1 aliphatic rings. The summed E-state index contributed by atoms with van der Waals surface area (Å²) < 4.78 is 40.9. The summed E-state index contributed by atoms with van der Waals surface area (Å²) in [6.45, 7) is 1.05. The maximum absolute atomic E-state index is 13.1. The Kier molecular flexibility index (Phi) is 4.49. The fourth-order valence-electron chi connectivity index (χ4n) is 1.99. The standard InChI is InChI=1S/C12H13ClFNO4S/c13-20(17,18)11-7-9(14)3-4-10(11)19-8-12(16)15-5-1-2-6-15/h3-4,7H,1-2,5-6,8H2. The zero-order valence-corrected chi connectivity index (χ0v) is 12.1. The van der Waals surface area contributed by atoms with Gasteiger partial charge in [0.25, 0.3) is 15.0 Å². The minimum absolute atomic E-state index is 0.131. The van der Waals surface area contributed by atoms with E-state index >= 15 is 0 Å². The molecule has 1 heterocycles. The monoisotopic (exact) mass is 321 g/mol. The Labute approximate surface area is 120 Å². The molecule has 1 aliphatic heterocycles. The van der Waals surface area contributed by atoms with Crippen molar-refractivity contribution < 1.29 is 22.3 Å². The average Bonchev–Trinajstić information content (AvgIpc) is 2.89. The largest absolute Gasteiger partial charge is 0.482 e. The van der Waals surface area contributed by atoms with Crippen LogP contribution in [0.3, 0.4) is 0 Å². The van der Waals surface area contributed by atoms with Crippen LogP contribution in [-0.2, 0) is 13.8 Å². The summed E-state index contributed by atoms with van der Waals surface area (Å²) in [5, 5.41) is 0. The maximum atomic E-state index is 13.1. The lowest BCUT2D eigenvalue weighted by molar-refractivity contribution is -0.132. The zero-order chi connectivity index (χ0) is 14.8. The van der Waals surface area contributed by atoms with Crippen LogP contribution < -0.4 is 4.74 Å². The molecule has 1 fully saturated rings. The SMILES string of the molecule is O=C(COc1ccc(F)cc1S(=O)(=O)Cl)N1CCCC1. The van der Waals surface area contributed by atoms with Gasteiger partial charge in [0.05, 0.1) is 0 Å². The van der Waals surface area contributed by atoms with Crippen LogP contribution in [0.4, 0.5) is 4.39 Å². The first-order valence-electron chi connectivity index (χ1n) is 6.03. The van der Waals surface area contributed by atoms with Crippen LogP contribution in [-0.4, -0.2) is 38.9 Å². The van der Waals surface area contributed by atoms with Gasteiger partial charge in [-0.05, 0) is 31.0 Å². The number of nitrogens with zero attached hydrogens (tertiary/aromatic N) is 1. The van der Waals surface area contributed by atoms with Crippen LogP contribution in [0.15, 0.2) is 23.1 Å². The normalized spacial score (nSPS) is 15.4. The number of rotatable bonds is 4. The highest BCUT2D eigenvalue weighted by molar-refractivity contribution is 8.13. The molecule has 0 bridgehead atoms. The van der Waals surface area contributed by atoms with Crippen LogP contribution in [0.2, 0.25) is 0 Å². The molecule has 0 atom stereocenters. The van der Waals surface area contributed by atoms with Crippen LogP contribution >= 0.6 is 10.7 Å². The molecule has 1 saturated heterocycles. The van der Waals surface area contributed by atoms with Gasteiger partial charge < -0.3 is 9.64 Å². The van der Waals surface area contributed by atoms with E-state index in [-0.39, 0.29) is 18.3 Å². The molecule has 20 heavy (non-hydrogen) atoms. The molecule has 1 aromatic rings. The van der Waals surface area contributed by atoms with E-state index in [1.165, 1.54) is 0 Å². The van der Waals surface area contributed by atoms with Gasteiger partial charge >= 0.3 is 0 Å². The number of benzene rings is 1. The Bertz CT molecular complexity index is 614. The molecule has 1 aromatic carbocycles. The highest BCUT2D eigenvalue weighted by Crippen LogP contribution is 2.27. The molecule has 2 rings (SSSR count). The molecular weight excluding hydrogens is 309 g/mol.